The summed E-state index contributed by atoms with van der Waals surface area (Å²) in [5.41, 5.74) is 0. The number of hydrogen-bond acceptors (Lipinski definition) is 5. The topological polar surface area (TPSA) is 47.1 Å². The van der Waals surface area contributed by atoms with E-state index in [1.165, 1.54) is 12.8 Å². The van der Waals surface area contributed by atoms with E-state index < -0.39 is 0 Å². The summed E-state index contributed by atoms with van der Waals surface area (Å²) in [5, 5.41) is 9.73. The molecule has 1 aliphatic heterocycles. The molecule has 22 heavy (non-hydrogen) atoms. The van der Waals surface area contributed by atoms with Crippen LogP contribution in [0.1, 0.15) is 25.5 Å². The summed E-state index contributed by atoms with van der Waals surface area (Å²) in [6, 6.07) is 3.91. The molecular weight excluding hydrogens is 296 g/mol. The molecule has 6 heteroatoms. The fourth-order valence-electron chi connectivity index (χ4n) is 2.66. The minimum absolute atomic E-state index is 0.668. The summed E-state index contributed by atoms with van der Waals surface area (Å²) in [4.78, 5) is 2.34. The summed E-state index contributed by atoms with van der Waals surface area (Å²) in [7, 11) is 0. The molecule has 0 saturated carbocycles. The lowest BCUT2D eigenvalue weighted by Crippen LogP contribution is -2.35. The molecular formula is C16H22N4OS. The van der Waals surface area contributed by atoms with E-state index >= 15 is 0 Å². The SMILES string of the molecule is C=CCSc1nnc(N2CCC(C)CC2)n1Cc1ccco1. The lowest BCUT2D eigenvalue weighted by atomic mass is 10.00. The molecule has 0 N–H and O–H groups in total. The first kappa shape index (κ1) is 15.2. The Labute approximate surface area is 135 Å². The average molecular weight is 318 g/mol. The highest BCUT2D eigenvalue weighted by atomic mass is 32.2. The van der Waals surface area contributed by atoms with Crippen LogP contribution in [-0.4, -0.2) is 33.6 Å². The molecule has 0 atom stereocenters. The van der Waals surface area contributed by atoms with Crippen LogP contribution in [0, 0.1) is 5.92 Å². The standard InChI is InChI=1S/C16H22N4OS/c1-3-11-22-16-18-17-15(19-8-6-13(2)7-9-19)20(16)12-14-5-4-10-21-14/h3-5,10,13H,1,6-9,11-12H2,2H3. The first-order valence-corrected chi connectivity index (χ1v) is 8.70. The molecule has 0 amide bonds. The Bertz CT molecular complexity index is 600. The quantitative estimate of drug-likeness (QED) is 0.603. The number of nitrogens with zero attached hydrogens (tertiary/aromatic N) is 4. The summed E-state index contributed by atoms with van der Waals surface area (Å²) in [6.07, 6.45) is 6.02. The van der Waals surface area contributed by atoms with E-state index in [4.69, 9.17) is 4.42 Å². The van der Waals surface area contributed by atoms with Gasteiger partial charge in [-0.25, -0.2) is 0 Å². The first-order valence-electron chi connectivity index (χ1n) is 7.72. The number of hydrogen-bond donors (Lipinski definition) is 0. The van der Waals surface area contributed by atoms with Crippen LogP contribution < -0.4 is 4.90 Å². The number of piperidine rings is 1. The lowest BCUT2D eigenvalue weighted by molar-refractivity contribution is 0.427. The monoisotopic (exact) mass is 318 g/mol. The number of anilines is 1. The van der Waals surface area contributed by atoms with Gasteiger partial charge in [-0.1, -0.05) is 24.8 Å². The van der Waals surface area contributed by atoms with Crippen molar-refractivity contribution < 1.29 is 4.42 Å². The third kappa shape index (κ3) is 3.38. The van der Waals surface area contributed by atoms with Crippen molar-refractivity contribution in [1.82, 2.24) is 14.8 Å². The minimum atomic E-state index is 0.668. The van der Waals surface area contributed by atoms with E-state index in [0.717, 1.165) is 41.6 Å². The molecule has 0 radical (unpaired) electrons. The molecule has 2 aromatic heterocycles. The van der Waals surface area contributed by atoms with Crippen molar-refractivity contribution in [3.8, 4) is 0 Å². The Hall–Kier alpha value is -1.69. The van der Waals surface area contributed by atoms with E-state index in [0.29, 0.717) is 6.54 Å². The predicted molar refractivity (Wildman–Crippen MR) is 89.4 cm³/mol. The average Bonchev–Trinajstić information content (AvgIpc) is 3.17. The number of aromatic nitrogens is 3. The third-order valence-electron chi connectivity index (χ3n) is 3.99. The molecule has 0 spiro atoms. The zero-order valence-corrected chi connectivity index (χ0v) is 13.8. The van der Waals surface area contributed by atoms with E-state index in [2.05, 4.69) is 33.2 Å². The van der Waals surface area contributed by atoms with Crippen LogP contribution in [0.2, 0.25) is 0 Å². The van der Waals surface area contributed by atoms with E-state index in [1.54, 1.807) is 18.0 Å². The largest absolute Gasteiger partial charge is 0.467 e. The molecule has 0 bridgehead atoms. The predicted octanol–water partition coefficient (Wildman–Crippen LogP) is 3.43. The molecule has 5 nitrogen and oxygen atoms in total. The van der Waals surface area contributed by atoms with Gasteiger partial charge in [0.1, 0.15) is 5.76 Å². The molecule has 1 fully saturated rings. The van der Waals surface area contributed by atoms with Crippen molar-refractivity contribution >= 4 is 17.7 Å². The molecule has 2 aromatic rings. The highest BCUT2D eigenvalue weighted by Crippen LogP contribution is 2.27. The smallest absolute Gasteiger partial charge is 0.228 e. The molecule has 0 aromatic carbocycles. The van der Waals surface area contributed by atoms with Crippen molar-refractivity contribution in [2.45, 2.75) is 31.5 Å². The van der Waals surface area contributed by atoms with Crippen LogP contribution in [0.25, 0.3) is 0 Å². The van der Waals surface area contributed by atoms with Crippen molar-refractivity contribution in [2.24, 2.45) is 5.92 Å². The van der Waals surface area contributed by atoms with Gasteiger partial charge in [0.15, 0.2) is 5.16 Å². The van der Waals surface area contributed by atoms with Crippen LogP contribution in [0.4, 0.5) is 5.95 Å². The Balaban J connectivity index is 1.84. The minimum Gasteiger partial charge on any atom is -0.467 e. The van der Waals surface area contributed by atoms with Crippen LogP contribution in [0.15, 0.2) is 40.6 Å². The maximum Gasteiger partial charge on any atom is 0.228 e. The Kier molecular flexibility index (Phi) is 4.87. The van der Waals surface area contributed by atoms with Gasteiger partial charge >= 0.3 is 0 Å². The van der Waals surface area contributed by atoms with Gasteiger partial charge in [-0.3, -0.25) is 4.57 Å². The highest BCUT2D eigenvalue weighted by molar-refractivity contribution is 7.99. The van der Waals surface area contributed by atoms with Crippen LogP contribution in [0.5, 0.6) is 0 Å². The van der Waals surface area contributed by atoms with Crippen molar-refractivity contribution in [3.63, 3.8) is 0 Å². The summed E-state index contributed by atoms with van der Waals surface area (Å²) in [6.45, 7) is 8.85. The van der Waals surface area contributed by atoms with Gasteiger partial charge in [0, 0.05) is 18.8 Å². The molecule has 1 aliphatic rings. The zero-order chi connectivity index (χ0) is 15.4. The van der Waals surface area contributed by atoms with E-state index in [-0.39, 0.29) is 0 Å². The maximum atomic E-state index is 5.50. The fraction of sp³-hybridized carbons (Fsp3) is 0.500. The molecule has 3 heterocycles. The van der Waals surface area contributed by atoms with E-state index in [1.807, 2.05) is 18.2 Å². The summed E-state index contributed by atoms with van der Waals surface area (Å²) in [5.74, 6) is 3.50. The molecule has 3 rings (SSSR count). The van der Waals surface area contributed by atoms with Gasteiger partial charge in [0.25, 0.3) is 0 Å². The Morgan fingerprint density at radius 1 is 1.41 bits per heavy atom. The van der Waals surface area contributed by atoms with Crippen LogP contribution >= 0.6 is 11.8 Å². The van der Waals surface area contributed by atoms with Gasteiger partial charge in [0.05, 0.1) is 12.8 Å². The van der Waals surface area contributed by atoms with Gasteiger partial charge in [-0.2, -0.15) is 0 Å². The molecule has 0 aliphatic carbocycles. The second-order valence-corrected chi connectivity index (χ2v) is 6.70. The third-order valence-corrected chi connectivity index (χ3v) is 4.95. The fourth-order valence-corrected chi connectivity index (χ4v) is 3.33. The van der Waals surface area contributed by atoms with Gasteiger partial charge in [-0.05, 0) is 30.9 Å². The Morgan fingerprint density at radius 3 is 2.91 bits per heavy atom. The molecule has 1 saturated heterocycles. The van der Waals surface area contributed by atoms with Crippen molar-refractivity contribution in [3.05, 3.63) is 36.8 Å². The normalized spacial score (nSPS) is 16.1. The van der Waals surface area contributed by atoms with Gasteiger partial charge in [-0.15, -0.1) is 16.8 Å². The maximum absolute atomic E-state index is 5.50. The van der Waals surface area contributed by atoms with Crippen molar-refractivity contribution in [1.29, 1.82) is 0 Å². The molecule has 0 unspecified atom stereocenters. The van der Waals surface area contributed by atoms with Gasteiger partial charge in [0.2, 0.25) is 5.95 Å². The van der Waals surface area contributed by atoms with Crippen LogP contribution in [0.3, 0.4) is 0 Å². The van der Waals surface area contributed by atoms with E-state index in [9.17, 15) is 0 Å². The number of thioether (sulfide) groups is 1. The first-order chi connectivity index (χ1) is 10.8. The second kappa shape index (κ2) is 7.05. The summed E-state index contributed by atoms with van der Waals surface area (Å²) >= 11 is 1.66. The number of rotatable bonds is 6. The Morgan fingerprint density at radius 2 is 2.23 bits per heavy atom. The number of furan rings is 1. The molecule has 118 valence electrons. The zero-order valence-electron chi connectivity index (χ0n) is 12.9. The lowest BCUT2D eigenvalue weighted by Gasteiger charge is -2.31. The summed E-state index contributed by atoms with van der Waals surface area (Å²) < 4.78 is 7.66. The van der Waals surface area contributed by atoms with Crippen LogP contribution in [-0.2, 0) is 6.54 Å². The van der Waals surface area contributed by atoms with Gasteiger partial charge < -0.3 is 9.32 Å². The second-order valence-electron chi connectivity index (χ2n) is 5.72. The highest BCUT2D eigenvalue weighted by Gasteiger charge is 2.23. The van der Waals surface area contributed by atoms with Crippen molar-refractivity contribution in [2.75, 3.05) is 23.7 Å².